The number of methoxy groups -OCH3 is 2. The number of carbonyl (C=O) groups excluding carboxylic acids is 1. The van der Waals surface area contributed by atoms with E-state index in [0.717, 1.165) is 33.3 Å². The summed E-state index contributed by atoms with van der Waals surface area (Å²) in [5, 5.41) is 3.74. The monoisotopic (exact) mass is 419 g/mol. The van der Waals surface area contributed by atoms with Crippen LogP contribution in [0.3, 0.4) is 0 Å². The van der Waals surface area contributed by atoms with Gasteiger partial charge < -0.3 is 25.5 Å². The number of nitrogens with two attached hydrogens (primary N) is 1. The first-order chi connectivity index (χ1) is 15.1. The van der Waals surface area contributed by atoms with Crippen molar-refractivity contribution in [3.05, 3.63) is 65.6 Å². The van der Waals surface area contributed by atoms with Gasteiger partial charge in [0, 0.05) is 66.6 Å². The second kappa shape index (κ2) is 10.1. The molecule has 160 valence electrons. The van der Waals surface area contributed by atoms with Crippen LogP contribution in [-0.4, -0.2) is 43.4 Å². The van der Waals surface area contributed by atoms with E-state index < -0.39 is 0 Å². The van der Waals surface area contributed by atoms with Gasteiger partial charge in [0.05, 0.1) is 14.2 Å². The van der Waals surface area contributed by atoms with Gasteiger partial charge in [-0.2, -0.15) is 0 Å². The molecule has 0 aliphatic rings. The SMILES string of the molecule is CN=C/C(=C\N)c1cnc2[nH]cc(/C=C/C(=O)NCc3ccc(OC)c(OC)c3)c2c1. The quantitative estimate of drug-likeness (QED) is 0.384. The van der Waals surface area contributed by atoms with Crippen molar-refractivity contribution in [1.29, 1.82) is 0 Å². The Kier molecular flexibility index (Phi) is 7.05. The van der Waals surface area contributed by atoms with Gasteiger partial charge in [0.25, 0.3) is 0 Å². The Hall–Kier alpha value is -4.07. The molecule has 0 aliphatic heterocycles. The summed E-state index contributed by atoms with van der Waals surface area (Å²) in [4.78, 5) is 23.8. The fraction of sp³-hybridized carbons (Fsp3) is 0.174. The Morgan fingerprint density at radius 2 is 2.06 bits per heavy atom. The number of nitrogens with one attached hydrogen (secondary N) is 2. The third-order valence-corrected chi connectivity index (χ3v) is 4.67. The summed E-state index contributed by atoms with van der Waals surface area (Å²) in [6, 6.07) is 7.47. The van der Waals surface area contributed by atoms with Crippen LogP contribution in [0.1, 0.15) is 16.7 Å². The lowest BCUT2D eigenvalue weighted by atomic mass is 10.1. The molecule has 0 atom stereocenters. The number of hydrogen-bond acceptors (Lipinski definition) is 6. The van der Waals surface area contributed by atoms with Crippen molar-refractivity contribution in [3.63, 3.8) is 0 Å². The fourth-order valence-electron chi connectivity index (χ4n) is 3.08. The zero-order valence-electron chi connectivity index (χ0n) is 17.7. The molecule has 0 saturated carbocycles. The predicted molar refractivity (Wildman–Crippen MR) is 123 cm³/mol. The third-order valence-electron chi connectivity index (χ3n) is 4.67. The molecule has 31 heavy (non-hydrogen) atoms. The number of ether oxygens (including phenoxy) is 2. The number of aromatic amines is 1. The Bertz CT molecular complexity index is 1160. The minimum Gasteiger partial charge on any atom is -0.493 e. The number of pyridine rings is 1. The van der Waals surface area contributed by atoms with Crippen LogP contribution < -0.4 is 20.5 Å². The van der Waals surface area contributed by atoms with Gasteiger partial charge in [-0.15, -0.1) is 0 Å². The van der Waals surface area contributed by atoms with E-state index in [1.54, 1.807) is 52.0 Å². The number of nitrogens with zero attached hydrogens (tertiary/aromatic N) is 2. The van der Waals surface area contributed by atoms with Gasteiger partial charge in [0.15, 0.2) is 11.5 Å². The molecular formula is C23H25N5O3. The van der Waals surface area contributed by atoms with E-state index in [0.29, 0.717) is 18.0 Å². The highest BCUT2D eigenvalue weighted by Gasteiger charge is 2.08. The molecule has 0 unspecified atom stereocenters. The van der Waals surface area contributed by atoms with E-state index in [1.165, 1.54) is 12.3 Å². The zero-order valence-corrected chi connectivity index (χ0v) is 17.7. The molecule has 2 heterocycles. The molecule has 4 N–H and O–H groups in total. The second-order valence-electron chi connectivity index (χ2n) is 6.61. The predicted octanol–water partition coefficient (Wildman–Crippen LogP) is 2.91. The highest BCUT2D eigenvalue weighted by molar-refractivity contribution is 6.10. The summed E-state index contributed by atoms with van der Waals surface area (Å²) >= 11 is 0. The van der Waals surface area contributed by atoms with Crippen LogP contribution in [0.4, 0.5) is 0 Å². The number of benzene rings is 1. The molecule has 0 bridgehead atoms. The van der Waals surface area contributed by atoms with Gasteiger partial charge in [-0.1, -0.05) is 6.07 Å². The number of H-pyrrole nitrogens is 1. The van der Waals surface area contributed by atoms with Gasteiger partial charge >= 0.3 is 0 Å². The lowest BCUT2D eigenvalue weighted by Crippen LogP contribution is -2.20. The summed E-state index contributed by atoms with van der Waals surface area (Å²) in [5.41, 5.74) is 9.76. The molecule has 0 spiro atoms. The van der Waals surface area contributed by atoms with Gasteiger partial charge in [-0.05, 0) is 29.8 Å². The Balaban J connectivity index is 1.72. The molecular weight excluding hydrogens is 394 g/mol. The summed E-state index contributed by atoms with van der Waals surface area (Å²) in [7, 11) is 4.84. The molecule has 0 saturated heterocycles. The van der Waals surface area contributed by atoms with E-state index in [4.69, 9.17) is 15.2 Å². The minimum atomic E-state index is -0.214. The first-order valence-electron chi connectivity index (χ1n) is 9.58. The molecule has 2 aromatic heterocycles. The van der Waals surface area contributed by atoms with E-state index in [1.807, 2.05) is 18.2 Å². The van der Waals surface area contributed by atoms with Gasteiger partial charge in [0.2, 0.25) is 5.91 Å². The Morgan fingerprint density at radius 3 is 2.77 bits per heavy atom. The van der Waals surface area contributed by atoms with Crippen molar-refractivity contribution in [2.75, 3.05) is 21.3 Å². The molecule has 1 aromatic carbocycles. The van der Waals surface area contributed by atoms with Crippen LogP contribution in [0.15, 0.2) is 53.9 Å². The van der Waals surface area contributed by atoms with E-state index in [2.05, 4.69) is 20.3 Å². The van der Waals surface area contributed by atoms with Crippen LogP contribution in [0.2, 0.25) is 0 Å². The summed E-state index contributed by atoms with van der Waals surface area (Å²) in [6.45, 7) is 0.365. The normalized spacial score (nSPS) is 12.0. The molecule has 0 aliphatic carbocycles. The van der Waals surface area contributed by atoms with Crippen molar-refractivity contribution in [3.8, 4) is 11.5 Å². The Labute approximate surface area is 180 Å². The topological polar surface area (TPSA) is 115 Å². The lowest BCUT2D eigenvalue weighted by Gasteiger charge is -2.09. The maximum absolute atomic E-state index is 12.3. The van der Waals surface area contributed by atoms with E-state index in [-0.39, 0.29) is 5.91 Å². The number of carbonyl (C=O) groups is 1. The second-order valence-corrected chi connectivity index (χ2v) is 6.61. The molecule has 8 heteroatoms. The Morgan fingerprint density at radius 1 is 1.26 bits per heavy atom. The van der Waals surface area contributed by atoms with Gasteiger partial charge in [0.1, 0.15) is 5.65 Å². The maximum Gasteiger partial charge on any atom is 0.244 e. The summed E-state index contributed by atoms with van der Waals surface area (Å²) in [6.07, 6.45) is 9.92. The van der Waals surface area contributed by atoms with Crippen molar-refractivity contribution in [1.82, 2.24) is 15.3 Å². The van der Waals surface area contributed by atoms with Crippen molar-refractivity contribution in [2.45, 2.75) is 6.54 Å². The molecule has 3 rings (SSSR count). The number of allylic oxidation sites excluding steroid dienone is 1. The number of aliphatic imine (C=N–C) groups is 1. The molecule has 0 fully saturated rings. The van der Waals surface area contributed by atoms with Crippen molar-refractivity contribution < 1.29 is 14.3 Å². The smallest absolute Gasteiger partial charge is 0.244 e. The lowest BCUT2D eigenvalue weighted by molar-refractivity contribution is -0.116. The molecule has 8 nitrogen and oxygen atoms in total. The molecule has 0 radical (unpaired) electrons. The summed E-state index contributed by atoms with van der Waals surface area (Å²) < 4.78 is 10.5. The highest BCUT2D eigenvalue weighted by Crippen LogP contribution is 2.27. The highest BCUT2D eigenvalue weighted by atomic mass is 16.5. The standard InChI is InChI=1S/C23H25N5O3/c1-25-12-18(10-24)17-9-19-16(13-27-23(19)28-14-17)5-7-22(29)26-11-15-4-6-20(30-2)21(8-15)31-3/h4-10,12-14H,11,24H2,1-3H3,(H,26,29)(H,27,28)/b7-5+,18-10+,25-12?. The number of fused-ring (bicyclic) bond motifs is 1. The van der Waals surface area contributed by atoms with Gasteiger partial charge in [-0.25, -0.2) is 4.98 Å². The molecule has 3 aromatic rings. The van der Waals surface area contributed by atoms with E-state index >= 15 is 0 Å². The van der Waals surface area contributed by atoms with Crippen LogP contribution in [-0.2, 0) is 11.3 Å². The van der Waals surface area contributed by atoms with Crippen LogP contribution in [0.5, 0.6) is 11.5 Å². The number of amides is 1. The van der Waals surface area contributed by atoms with Crippen molar-refractivity contribution in [2.24, 2.45) is 10.7 Å². The zero-order chi connectivity index (χ0) is 22.2. The first-order valence-corrected chi connectivity index (χ1v) is 9.58. The average molecular weight is 419 g/mol. The minimum absolute atomic E-state index is 0.214. The maximum atomic E-state index is 12.3. The van der Waals surface area contributed by atoms with Gasteiger partial charge in [-0.3, -0.25) is 9.79 Å². The van der Waals surface area contributed by atoms with Crippen molar-refractivity contribution >= 4 is 34.8 Å². The number of aromatic nitrogens is 2. The largest absolute Gasteiger partial charge is 0.493 e. The number of hydrogen-bond donors (Lipinski definition) is 3. The summed E-state index contributed by atoms with van der Waals surface area (Å²) in [5.74, 6) is 1.04. The fourth-order valence-corrected chi connectivity index (χ4v) is 3.08. The van der Waals surface area contributed by atoms with Crippen LogP contribution >= 0.6 is 0 Å². The van der Waals surface area contributed by atoms with E-state index in [9.17, 15) is 4.79 Å². The van der Waals surface area contributed by atoms with Crippen LogP contribution in [0, 0.1) is 0 Å². The number of rotatable bonds is 8. The molecule has 1 amide bonds. The van der Waals surface area contributed by atoms with Crippen LogP contribution in [0.25, 0.3) is 22.7 Å². The third kappa shape index (κ3) is 5.11. The average Bonchev–Trinajstić information content (AvgIpc) is 3.21. The first kappa shape index (κ1) is 21.6.